The molecule has 2 heterocycles. The van der Waals surface area contributed by atoms with E-state index in [2.05, 4.69) is 15.6 Å². The van der Waals surface area contributed by atoms with E-state index in [4.69, 9.17) is 4.74 Å². The van der Waals surface area contributed by atoms with Gasteiger partial charge in [-0.2, -0.15) is 0 Å². The molecule has 7 nitrogen and oxygen atoms in total. The average molecular weight is 294 g/mol. The highest BCUT2D eigenvalue weighted by molar-refractivity contribution is 6.00. The highest BCUT2D eigenvalue weighted by Crippen LogP contribution is 2.30. The van der Waals surface area contributed by atoms with Crippen LogP contribution in [0.2, 0.25) is 0 Å². The van der Waals surface area contributed by atoms with Crippen molar-refractivity contribution < 1.29 is 14.3 Å². The molecule has 0 saturated carbocycles. The Labute approximate surface area is 124 Å². The molecule has 1 aromatic rings. The molecule has 0 aliphatic carbocycles. The monoisotopic (exact) mass is 294 g/mol. The van der Waals surface area contributed by atoms with Crippen LogP contribution in [-0.2, 0) is 21.4 Å². The van der Waals surface area contributed by atoms with E-state index in [1.54, 1.807) is 38.7 Å². The van der Waals surface area contributed by atoms with Crippen molar-refractivity contribution in [3.05, 3.63) is 11.9 Å². The smallest absolute Gasteiger partial charge is 0.319 e. The lowest BCUT2D eigenvalue weighted by Crippen LogP contribution is -2.50. The highest BCUT2D eigenvalue weighted by atomic mass is 16.6. The van der Waals surface area contributed by atoms with Crippen molar-refractivity contribution in [1.29, 1.82) is 0 Å². The van der Waals surface area contributed by atoms with Crippen LogP contribution in [0, 0.1) is 5.92 Å². The third-order valence-corrected chi connectivity index (χ3v) is 3.25. The number of ether oxygens (including phenoxy) is 1. The van der Waals surface area contributed by atoms with E-state index in [0.717, 1.165) is 0 Å². The van der Waals surface area contributed by atoms with Crippen LogP contribution in [0.15, 0.2) is 6.20 Å². The Bertz CT molecular complexity index is 547. The van der Waals surface area contributed by atoms with E-state index in [1.165, 1.54) is 0 Å². The van der Waals surface area contributed by atoms with Crippen LogP contribution in [0.1, 0.15) is 45.9 Å². The first-order valence-electron chi connectivity index (χ1n) is 7.05. The fraction of sp³-hybridized carbons (Fsp3) is 0.714. The Morgan fingerprint density at radius 1 is 1.48 bits per heavy atom. The molecule has 2 unspecified atom stereocenters. The van der Waals surface area contributed by atoms with Crippen LogP contribution >= 0.6 is 0 Å². The summed E-state index contributed by atoms with van der Waals surface area (Å²) in [6.07, 6.45) is 2.01. The Hall–Kier alpha value is -1.76. The van der Waals surface area contributed by atoms with E-state index >= 15 is 0 Å². The number of esters is 1. The van der Waals surface area contributed by atoms with Gasteiger partial charge in [0.2, 0.25) is 0 Å². The Morgan fingerprint density at radius 3 is 2.67 bits per heavy atom. The Kier molecular flexibility index (Phi) is 4.13. The summed E-state index contributed by atoms with van der Waals surface area (Å²) in [5.74, 6) is -1.51. The van der Waals surface area contributed by atoms with Gasteiger partial charge in [-0.05, 0) is 27.7 Å². The van der Waals surface area contributed by atoms with E-state index in [0.29, 0.717) is 12.1 Å². The number of ketones is 1. The second-order valence-corrected chi connectivity index (χ2v) is 6.54. The van der Waals surface area contributed by atoms with Crippen LogP contribution in [-0.4, -0.2) is 38.4 Å². The van der Waals surface area contributed by atoms with Crippen molar-refractivity contribution in [2.24, 2.45) is 13.0 Å². The van der Waals surface area contributed by atoms with Gasteiger partial charge in [0.05, 0.1) is 6.04 Å². The lowest BCUT2D eigenvalue weighted by atomic mass is 9.85. The molecule has 1 aliphatic heterocycles. The van der Waals surface area contributed by atoms with Crippen molar-refractivity contribution in [1.82, 2.24) is 20.3 Å². The van der Waals surface area contributed by atoms with Gasteiger partial charge in [-0.3, -0.25) is 14.3 Å². The van der Waals surface area contributed by atoms with Crippen LogP contribution < -0.4 is 5.32 Å². The zero-order chi connectivity index (χ0) is 15.8. The number of nitrogens with zero attached hydrogens (tertiary/aromatic N) is 3. The molecular weight excluding hydrogens is 272 g/mol. The maximum atomic E-state index is 12.4. The van der Waals surface area contributed by atoms with Crippen LogP contribution in [0.25, 0.3) is 0 Å². The molecule has 2 rings (SSSR count). The van der Waals surface area contributed by atoms with E-state index < -0.39 is 23.5 Å². The van der Waals surface area contributed by atoms with Gasteiger partial charge in [0.1, 0.15) is 17.2 Å². The largest absolute Gasteiger partial charge is 0.459 e. The first-order chi connectivity index (χ1) is 9.67. The fourth-order valence-electron chi connectivity index (χ4n) is 2.47. The third kappa shape index (κ3) is 3.66. The molecule has 3 atom stereocenters. The van der Waals surface area contributed by atoms with Crippen LogP contribution in [0.5, 0.6) is 0 Å². The Morgan fingerprint density at radius 2 is 2.14 bits per heavy atom. The average Bonchev–Trinajstić information content (AvgIpc) is 2.72. The summed E-state index contributed by atoms with van der Waals surface area (Å²) in [6.45, 7) is 7.26. The maximum Gasteiger partial charge on any atom is 0.319 e. The standard InChI is InChI=1S/C14H22N4O3/c1-8-6-10(19)11(13(20)21-14(2,3)4)12(15-8)9-7-18(5)17-16-9/h7-8,11-12,15H,6H2,1-5H3/t8?,11?,12-/m1/s1. The summed E-state index contributed by atoms with van der Waals surface area (Å²) in [5.41, 5.74) is -0.0545. The summed E-state index contributed by atoms with van der Waals surface area (Å²) in [6, 6.07) is -0.506. The number of piperidine rings is 1. The van der Waals surface area contributed by atoms with Gasteiger partial charge >= 0.3 is 5.97 Å². The summed E-state index contributed by atoms with van der Waals surface area (Å²) in [4.78, 5) is 24.7. The van der Waals surface area contributed by atoms with Gasteiger partial charge in [0.15, 0.2) is 5.78 Å². The van der Waals surface area contributed by atoms with E-state index in [9.17, 15) is 9.59 Å². The molecule has 7 heteroatoms. The minimum atomic E-state index is -0.878. The molecule has 0 bridgehead atoms. The molecule has 0 radical (unpaired) electrons. The van der Waals surface area contributed by atoms with Gasteiger partial charge in [0, 0.05) is 25.7 Å². The third-order valence-electron chi connectivity index (χ3n) is 3.25. The normalized spacial score (nSPS) is 26.7. The lowest BCUT2D eigenvalue weighted by Gasteiger charge is -2.34. The van der Waals surface area contributed by atoms with Gasteiger partial charge in [-0.25, -0.2) is 0 Å². The molecule has 0 amide bonds. The van der Waals surface area contributed by atoms with E-state index in [1.807, 2.05) is 6.92 Å². The first-order valence-corrected chi connectivity index (χ1v) is 7.05. The topological polar surface area (TPSA) is 86.1 Å². The van der Waals surface area contributed by atoms with Crippen molar-refractivity contribution in [3.8, 4) is 0 Å². The number of aromatic nitrogens is 3. The van der Waals surface area contributed by atoms with Crippen LogP contribution in [0.4, 0.5) is 0 Å². The lowest BCUT2D eigenvalue weighted by molar-refractivity contribution is -0.164. The number of Topliss-reactive ketones (excluding diaryl/α,β-unsaturated/α-hetero) is 1. The number of nitrogens with one attached hydrogen (secondary N) is 1. The predicted molar refractivity (Wildman–Crippen MR) is 75.3 cm³/mol. The molecule has 116 valence electrons. The summed E-state index contributed by atoms with van der Waals surface area (Å²) >= 11 is 0. The molecule has 1 aromatic heterocycles. The molecule has 1 fully saturated rings. The zero-order valence-corrected chi connectivity index (χ0v) is 13.1. The predicted octanol–water partition coefficient (Wildman–Crippen LogP) is 0.765. The second kappa shape index (κ2) is 5.55. The number of rotatable bonds is 2. The number of carbonyl (C=O) groups is 2. The molecule has 0 aromatic carbocycles. The number of aryl methyl sites for hydroxylation is 1. The SMILES string of the molecule is CC1CC(=O)C(C(=O)OC(C)(C)C)[C@@H](c2cn(C)nn2)N1. The van der Waals surface area contributed by atoms with Crippen molar-refractivity contribution in [3.63, 3.8) is 0 Å². The van der Waals surface area contributed by atoms with Crippen molar-refractivity contribution >= 4 is 11.8 Å². The van der Waals surface area contributed by atoms with E-state index in [-0.39, 0.29) is 11.8 Å². The minimum absolute atomic E-state index is 0.0109. The fourth-order valence-corrected chi connectivity index (χ4v) is 2.47. The number of hydrogen-bond acceptors (Lipinski definition) is 6. The molecular formula is C14H22N4O3. The van der Waals surface area contributed by atoms with Gasteiger partial charge in [0.25, 0.3) is 0 Å². The van der Waals surface area contributed by atoms with Gasteiger partial charge < -0.3 is 10.1 Å². The molecule has 1 saturated heterocycles. The summed E-state index contributed by atoms with van der Waals surface area (Å²) in [7, 11) is 1.74. The van der Waals surface area contributed by atoms with Gasteiger partial charge in [-0.1, -0.05) is 5.21 Å². The first kappa shape index (κ1) is 15.6. The van der Waals surface area contributed by atoms with Crippen molar-refractivity contribution in [2.45, 2.75) is 51.8 Å². The molecule has 0 spiro atoms. The number of carbonyl (C=O) groups excluding carboxylic acids is 2. The molecule has 21 heavy (non-hydrogen) atoms. The maximum absolute atomic E-state index is 12.4. The second-order valence-electron chi connectivity index (χ2n) is 6.54. The van der Waals surface area contributed by atoms with Gasteiger partial charge in [-0.15, -0.1) is 5.10 Å². The molecule has 1 N–H and O–H groups in total. The Balaban J connectivity index is 2.29. The molecule has 1 aliphatic rings. The highest BCUT2D eigenvalue weighted by Gasteiger charge is 2.43. The number of hydrogen-bond donors (Lipinski definition) is 1. The van der Waals surface area contributed by atoms with Crippen LogP contribution in [0.3, 0.4) is 0 Å². The quantitative estimate of drug-likeness (QED) is 0.640. The zero-order valence-electron chi connectivity index (χ0n) is 13.1. The summed E-state index contributed by atoms with van der Waals surface area (Å²) < 4.78 is 6.94. The summed E-state index contributed by atoms with van der Waals surface area (Å²) in [5, 5.41) is 11.2. The van der Waals surface area contributed by atoms with Crippen molar-refractivity contribution in [2.75, 3.05) is 0 Å². The minimum Gasteiger partial charge on any atom is -0.459 e.